The number of aromatic nitrogens is 1. The number of carboxylic acids is 1. The molecule has 1 aromatic rings. The highest BCUT2D eigenvalue weighted by molar-refractivity contribution is 5.70. The van der Waals surface area contributed by atoms with E-state index in [9.17, 15) is 14.9 Å². The van der Waals surface area contributed by atoms with Crippen LogP contribution >= 0.6 is 0 Å². The highest BCUT2D eigenvalue weighted by atomic mass is 16.6. The zero-order valence-electron chi connectivity index (χ0n) is 9.53. The number of pyridine rings is 1. The van der Waals surface area contributed by atoms with E-state index in [0.717, 1.165) is 6.20 Å². The van der Waals surface area contributed by atoms with Crippen LogP contribution < -0.4 is 4.90 Å². The van der Waals surface area contributed by atoms with Crippen molar-refractivity contribution in [1.29, 1.82) is 0 Å². The third-order valence-corrected chi connectivity index (χ3v) is 2.30. The Balaban J connectivity index is 2.73. The summed E-state index contributed by atoms with van der Waals surface area (Å²) in [6.45, 7) is 1.88. The first-order valence-electron chi connectivity index (χ1n) is 4.96. The molecule has 0 bridgehead atoms. The number of hydrogen-bond acceptors (Lipinski definition) is 5. The average molecular weight is 239 g/mol. The van der Waals surface area contributed by atoms with E-state index < -0.39 is 16.8 Å². The van der Waals surface area contributed by atoms with Crippen LogP contribution in [0.1, 0.15) is 6.92 Å². The molecule has 7 heteroatoms. The molecule has 0 amide bonds. The first kappa shape index (κ1) is 12.9. The van der Waals surface area contributed by atoms with Crippen LogP contribution in [-0.4, -0.2) is 34.6 Å². The fourth-order valence-corrected chi connectivity index (χ4v) is 1.29. The Morgan fingerprint density at radius 1 is 1.65 bits per heavy atom. The molecule has 1 unspecified atom stereocenters. The van der Waals surface area contributed by atoms with E-state index in [1.54, 1.807) is 18.9 Å². The number of rotatable bonds is 5. The Morgan fingerprint density at radius 2 is 2.29 bits per heavy atom. The first-order valence-corrected chi connectivity index (χ1v) is 4.96. The topological polar surface area (TPSA) is 96.6 Å². The lowest BCUT2D eigenvalue weighted by Gasteiger charge is -2.19. The zero-order valence-corrected chi connectivity index (χ0v) is 9.53. The zero-order chi connectivity index (χ0) is 13.0. The summed E-state index contributed by atoms with van der Waals surface area (Å²) in [5.41, 5.74) is -0.0894. The van der Waals surface area contributed by atoms with Gasteiger partial charge in [-0.1, -0.05) is 6.92 Å². The molecule has 0 aliphatic carbocycles. The third-order valence-electron chi connectivity index (χ3n) is 2.30. The van der Waals surface area contributed by atoms with Gasteiger partial charge in [0.2, 0.25) is 0 Å². The minimum absolute atomic E-state index is 0.0894. The van der Waals surface area contributed by atoms with Gasteiger partial charge < -0.3 is 10.0 Å². The summed E-state index contributed by atoms with van der Waals surface area (Å²) >= 11 is 0. The molecule has 92 valence electrons. The third kappa shape index (κ3) is 3.40. The van der Waals surface area contributed by atoms with Gasteiger partial charge in [-0.15, -0.1) is 0 Å². The molecule has 1 heterocycles. The molecule has 1 rings (SSSR count). The lowest BCUT2D eigenvalue weighted by Crippen LogP contribution is -2.28. The normalized spacial score (nSPS) is 11.9. The second kappa shape index (κ2) is 5.24. The smallest absolute Gasteiger partial charge is 0.308 e. The van der Waals surface area contributed by atoms with E-state index >= 15 is 0 Å². The van der Waals surface area contributed by atoms with Crippen LogP contribution in [0.5, 0.6) is 0 Å². The number of anilines is 1. The van der Waals surface area contributed by atoms with Crippen LogP contribution in [0, 0.1) is 16.0 Å². The van der Waals surface area contributed by atoms with Gasteiger partial charge in [-0.25, -0.2) is 4.98 Å². The number of carboxylic acid groups (broad SMARTS) is 1. The number of hydrogen-bond donors (Lipinski definition) is 1. The standard InChI is InChI=1S/C10H13N3O4/c1-7(10(14)15)6-12(2)9-4-3-8(5-11-9)13(16)17/h3-5,7H,6H2,1-2H3,(H,14,15). The molecule has 0 aliphatic rings. The van der Waals surface area contributed by atoms with Crippen LogP contribution in [0.3, 0.4) is 0 Å². The summed E-state index contributed by atoms with van der Waals surface area (Å²) in [7, 11) is 1.69. The van der Waals surface area contributed by atoms with E-state index in [0.29, 0.717) is 12.4 Å². The fourth-order valence-electron chi connectivity index (χ4n) is 1.29. The maximum absolute atomic E-state index is 10.7. The predicted molar refractivity (Wildman–Crippen MR) is 61.0 cm³/mol. The summed E-state index contributed by atoms with van der Waals surface area (Å²) in [6, 6.07) is 2.83. The van der Waals surface area contributed by atoms with Gasteiger partial charge in [0.1, 0.15) is 12.0 Å². The van der Waals surface area contributed by atoms with Crippen molar-refractivity contribution in [3.8, 4) is 0 Å². The van der Waals surface area contributed by atoms with E-state index in [-0.39, 0.29) is 5.69 Å². The average Bonchev–Trinajstić information content (AvgIpc) is 2.28. The summed E-state index contributed by atoms with van der Waals surface area (Å²) < 4.78 is 0. The second-order valence-electron chi connectivity index (χ2n) is 3.75. The molecule has 1 N–H and O–H groups in total. The Kier molecular flexibility index (Phi) is 3.97. The fraction of sp³-hybridized carbons (Fsp3) is 0.400. The van der Waals surface area contributed by atoms with Gasteiger partial charge in [-0.3, -0.25) is 14.9 Å². The molecule has 1 aromatic heterocycles. The molecule has 0 saturated heterocycles. The van der Waals surface area contributed by atoms with Crippen molar-refractivity contribution in [3.05, 3.63) is 28.4 Å². The van der Waals surface area contributed by atoms with Crippen molar-refractivity contribution in [3.63, 3.8) is 0 Å². The molecule has 0 radical (unpaired) electrons. The van der Waals surface area contributed by atoms with Crippen LogP contribution in [0.2, 0.25) is 0 Å². The van der Waals surface area contributed by atoms with Crippen molar-refractivity contribution >= 4 is 17.5 Å². The van der Waals surface area contributed by atoms with Crippen LogP contribution in [0.25, 0.3) is 0 Å². The SMILES string of the molecule is CC(CN(C)c1ccc([N+](=O)[O-])cn1)C(=O)O. The van der Waals surface area contributed by atoms with Gasteiger partial charge in [0.05, 0.1) is 10.8 Å². The van der Waals surface area contributed by atoms with Gasteiger partial charge in [-0.05, 0) is 6.07 Å². The summed E-state index contributed by atoms with van der Waals surface area (Å²) in [4.78, 5) is 26.1. The molecule has 0 aliphatic heterocycles. The van der Waals surface area contributed by atoms with E-state index in [1.807, 2.05) is 0 Å². The molecule has 0 saturated carbocycles. The maximum atomic E-state index is 10.7. The van der Waals surface area contributed by atoms with Gasteiger partial charge in [0.25, 0.3) is 5.69 Å². The van der Waals surface area contributed by atoms with Gasteiger partial charge in [0, 0.05) is 19.7 Å². The van der Waals surface area contributed by atoms with Crippen molar-refractivity contribution < 1.29 is 14.8 Å². The number of nitro groups is 1. The van der Waals surface area contributed by atoms with Crippen LogP contribution in [0.4, 0.5) is 11.5 Å². The first-order chi connectivity index (χ1) is 7.91. The maximum Gasteiger partial charge on any atom is 0.308 e. The Bertz CT molecular complexity index is 418. The summed E-state index contributed by atoms with van der Waals surface area (Å²) in [6.07, 6.45) is 1.15. The number of aliphatic carboxylic acids is 1. The molecular weight excluding hydrogens is 226 g/mol. The van der Waals surface area contributed by atoms with Gasteiger partial charge in [-0.2, -0.15) is 0 Å². The van der Waals surface area contributed by atoms with E-state index in [1.165, 1.54) is 12.1 Å². The van der Waals surface area contributed by atoms with E-state index in [4.69, 9.17) is 5.11 Å². The van der Waals surface area contributed by atoms with Gasteiger partial charge >= 0.3 is 5.97 Å². The second-order valence-corrected chi connectivity index (χ2v) is 3.75. The Hall–Kier alpha value is -2.18. The molecule has 0 aromatic carbocycles. The number of carbonyl (C=O) groups is 1. The predicted octanol–water partition coefficient (Wildman–Crippen LogP) is 1.15. The monoisotopic (exact) mass is 239 g/mol. The molecule has 7 nitrogen and oxygen atoms in total. The Morgan fingerprint density at radius 3 is 2.71 bits per heavy atom. The molecule has 0 fully saturated rings. The van der Waals surface area contributed by atoms with Crippen LogP contribution in [-0.2, 0) is 4.79 Å². The largest absolute Gasteiger partial charge is 0.481 e. The molecule has 1 atom stereocenters. The molecular formula is C10H13N3O4. The lowest BCUT2D eigenvalue weighted by molar-refractivity contribution is -0.385. The minimum atomic E-state index is -0.890. The van der Waals surface area contributed by atoms with Crippen molar-refractivity contribution in [2.75, 3.05) is 18.5 Å². The molecule has 17 heavy (non-hydrogen) atoms. The molecule has 0 spiro atoms. The van der Waals surface area contributed by atoms with Crippen molar-refractivity contribution in [2.45, 2.75) is 6.92 Å². The quantitative estimate of drug-likeness (QED) is 0.611. The summed E-state index contributed by atoms with van der Waals surface area (Å²) in [5, 5.41) is 19.2. The number of nitrogens with zero attached hydrogens (tertiary/aromatic N) is 3. The minimum Gasteiger partial charge on any atom is -0.481 e. The lowest BCUT2D eigenvalue weighted by atomic mass is 10.2. The highest BCUT2D eigenvalue weighted by Gasteiger charge is 2.15. The van der Waals surface area contributed by atoms with Gasteiger partial charge in [0.15, 0.2) is 0 Å². The summed E-state index contributed by atoms with van der Waals surface area (Å²) in [5.74, 6) is -0.917. The van der Waals surface area contributed by atoms with Crippen molar-refractivity contribution in [1.82, 2.24) is 4.98 Å². The highest BCUT2D eigenvalue weighted by Crippen LogP contribution is 2.15. The Labute approximate surface area is 97.8 Å². The van der Waals surface area contributed by atoms with Crippen LogP contribution in [0.15, 0.2) is 18.3 Å². The van der Waals surface area contributed by atoms with Crippen molar-refractivity contribution in [2.24, 2.45) is 5.92 Å². The van der Waals surface area contributed by atoms with E-state index in [2.05, 4.69) is 4.98 Å².